The van der Waals surface area contributed by atoms with Gasteiger partial charge in [-0.2, -0.15) is 0 Å². The Kier molecular flexibility index (Phi) is 6.48. The average Bonchev–Trinajstić information content (AvgIpc) is 2.33. The van der Waals surface area contributed by atoms with Gasteiger partial charge < -0.3 is 4.90 Å². The smallest absolute Gasteiger partial charge is 0.225 e. The zero-order chi connectivity index (χ0) is 13.6. The molecule has 0 spiro atoms. The van der Waals surface area contributed by atoms with E-state index < -0.39 is 0 Å². The first-order valence-electron chi connectivity index (χ1n) is 7.30. The number of halogens is 1. The molecule has 1 unspecified atom stereocenters. The number of carbonyl (C=O) groups excluding carboxylic acids is 1. The van der Waals surface area contributed by atoms with Crippen LogP contribution in [0.5, 0.6) is 0 Å². The van der Waals surface area contributed by atoms with Crippen LogP contribution in [0.15, 0.2) is 0 Å². The summed E-state index contributed by atoms with van der Waals surface area (Å²) in [5, 5.41) is 0. The van der Waals surface area contributed by atoms with Gasteiger partial charge in [0.1, 0.15) is 0 Å². The van der Waals surface area contributed by atoms with Gasteiger partial charge in [-0.25, -0.2) is 0 Å². The van der Waals surface area contributed by atoms with Crippen molar-refractivity contribution in [2.45, 2.75) is 58.8 Å². The summed E-state index contributed by atoms with van der Waals surface area (Å²) in [5.41, 5.74) is 0.180. The standard InChI is InChI=1S/C15H28ClNO/c1-15(2)10-6-5-9-13(15)14(18)17(3)12-8-4-7-11-16/h13H,4-12H2,1-3H3. The molecule has 0 aromatic heterocycles. The van der Waals surface area contributed by atoms with Crippen LogP contribution in [0.4, 0.5) is 0 Å². The van der Waals surface area contributed by atoms with Crippen molar-refractivity contribution in [3.63, 3.8) is 0 Å². The summed E-state index contributed by atoms with van der Waals surface area (Å²) in [7, 11) is 1.95. The lowest BCUT2D eigenvalue weighted by molar-refractivity contribution is -0.139. The molecule has 3 heteroatoms. The normalized spacial score (nSPS) is 22.8. The topological polar surface area (TPSA) is 20.3 Å². The summed E-state index contributed by atoms with van der Waals surface area (Å²) in [6.45, 7) is 5.37. The van der Waals surface area contributed by atoms with Crippen LogP contribution in [0, 0.1) is 11.3 Å². The molecule has 0 bridgehead atoms. The molecule has 1 rings (SSSR count). The predicted molar refractivity (Wildman–Crippen MR) is 77.9 cm³/mol. The first kappa shape index (κ1) is 15.8. The van der Waals surface area contributed by atoms with Gasteiger partial charge in [-0.3, -0.25) is 4.79 Å². The second-order valence-corrected chi connectivity index (χ2v) is 6.67. The Labute approximate surface area is 117 Å². The maximum absolute atomic E-state index is 12.5. The molecule has 2 nitrogen and oxygen atoms in total. The van der Waals surface area contributed by atoms with Gasteiger partial charge in [0.15, 0.2) is 0 Å². The summed E-state index contributed by atoms with van der Waals surface area (Å²) in [5.74, 6) is 1.31. The lowest BCUT2D eigenvalue weighted by atomic mass is 9.68. The molecule has 0 heterocycles. The van der Waals surface area contributed by atoms with Crippen LogP contribution >= 0.6 is 11.6 Å². The van der Waals surface area contributed by atoms with E-state index in [1.807, 2.05) is 11.9 Å². The van der Waals surface area contributed by atoms with Crippen molar-refractivity contribution in [3.05, 3.63) is 0 Å². The quantitative estimate of drug-likeness (QED) is 0.528. The number of carbonyl (C=O) groups is 1. The monoisotopic (exact) mass is 273 g/mol. The lowest BCUT2D eigenvalue weighted by Gasteiger charge is -2.39. The summed E-state index contributed by atoms with van der Waals surface area (Å²) < 4.78 is 0. The van der Waals surface area contributed by atoms with Gasteiger partial charge in [-0.1, -0.05) is 33.1 Å². The first-order chi connectivity index (χ1) is 8.49. The third-order valence-electron chi connectivity index (χ3n) is 4.31. The first-order valence-corrected chi connectivity index (χ1v) is 7.83. The molecule has 0 radical (unpaired) electrons. The van der Waals surface area contributed by atoms with Crippen molar-refractivity contribution in [1.82, 2.24) is 4.90 Å². The van der Waals surface area contributed by atoms with Gasteiger partial charge in [0.2, 0.25) is 5.91 Å². The Morgan fingerprint density at radius 2 is 2.00 bits per heavy atom. The predicted octanol–water partition coefficient (Wildman–Crippen LogP) is 4.07. The van der Waals surface area contributed by atoms with Crippen LogP contribution in [0.2, 0.25) is 0 Å². The van der Waals surface area contributed by atoms with Crippen molar-refractivity contribution in [2.75, 3.05) is 19.5 Å². The van der Waals surface area contributed by atoms with Crippen LogP contribution in [-0.2, 0) is 4.79 Å². The summed E-state index contributed by atoms with van der Waals surface area (Å²) in [6.07, 6.45) is 7.98. The largest absolute Gasteiger partial charge is 0.346 e. The Bertz CT molecular complexity index is 265. The van der Waals surface area contributed by atoms with Gasteiger partial charge in [0.25, 0.3) is 0 Å². The van der Waals surface area contributed by atoms with Crippen LogP contribution < -0.4 is 0 Å². The summed E-state index contributed by atoms with van der Waals surface area (Å²) in [6, 6.07) is 0. The molecule has 1 aliphatic carbocycles. The Hall–Kier alpha value is -0.240. The molecule has 1 amide bonds. The minimum atomic E-state index is 0.180. The number of amides is 1. The number of alkyl halides is 1. The maximum Gasteiger partial charge on any atom is 0.225 e. The van der Waals surface area contributed by atoms with Crippen molar-refractivity contribution in [1.29, 1.82) is 0 Å². The number of unbranched alkanes of at least 4 members (excludes halogenated alkanes) is 2. The fourth-order valence-electron chi connectivity index (χ4n) is 2.95. The van der Waals surface area contributed by atoms with E-state index in [9.17, 15) is 4.79 Å². The zero-order valence-corrected chi connectivity index (χ0v) is 12.9. The molecule has 1 fully saturated rings. The van der Waals surface area contributed by atoms with Crippen molar-refractivity contribution >= 4 is 17.5 Å². The Balaban J connectivity index is 2.42. The van der Waals surface area contributed by atoms with E-state index in [1.165, 1.54) is 19.3 Å². The SMILES string of the molecule is CN(CCCCCCl)C(=O)C1CCCCC1(C)C. The van der Waals surface area contributed by atoms with Gasteiger partial charge >= 0.3 is 0 Å². The molecule has 0 aromatic carbocycles. The molecule has 0 aromatic rings. The fraction of sp³-hybridized carbons (Fsp3) is 0.933. The highest BCUT2D eigenvalue weighted by molar-refractivity contribution is 6.17. The second-order valence-electron chi connectivity index (χ2n) is 6.30. The van der Waals surface area contributed by atoms with Gasteiger partial charge in [-0.15, -0.1) is 11.6 Å². The Morgan fingerprint density at radius 3 is 2.61 bits per heavy atom. The average molecular weight is 274 g/mol. The highest BCUT2D eigenvalue weighted by atomic mass is 35.5. The molecule has 1 saturated carbocycles. The molecule has 106 valence electrons. The van der Waals surface area contributed by atoms with Gasteiger partial charge in [0.05, 0.1) is 0 Å². The van der Waals surface area contributed by atoms with Crippen LogP contribution in [0.3, 0.4) is 0 Å². The number of rotatable bonds is 6. The zero-order valence-electron chi connectivity index (χ0n) is 12.2. The number of nitrogens with zero attached hydrogens (tertiary/aromatic N) is 1. The van der Waals surface area contributed by atoms with E-state index in [4.69, 9.17) is 11.6 Å². The number of hydrogen-bond donors (Lipinski definition) is 0. The maximum atomic E-state index is 12.5. The molecular weight excluding hydrogens is 246 g/mol. The molecule has 1 atom stereocenters. The third kappa shape index (κ3) is 4.46. The second kappa shape index (κ2) is 7.37. The number of hydrogen-bond acceptors (Lipinski definition) is 1. The Morgan fingerprint density at radius 1 is 1.28 bits per heavy atom. The fourth-order valence-corrected chi connectivity index (χ4v) is 3.14. The highest BCUT2D eigenvalue weighted by Gasteiger charge is 2.38. The van der Waals surface area contributed by atoms with Crippen LogP contribution in [-0.4, -0.2) is 30.3 Å². The van der Waals surface area contributed by atoms with Crippen molar-refractivity contribution in [2.24, 2.45) is 11.3 Å². The molecule has 0 saturated heterocycles. The lowest BCUT2D eigenvalue weighted by Crippen LogP contribution is -2.42. The minimum Gasteiger partial charge on any atom is -0.346 e. The van der Waals surface area contributed by atoms with Crippen LogP contribution in [0.1, 0.15) is 58.8 Å². The van der Waals surface area contributed by atoms with E-state index in [0.717, 1.165) is 38.1 Å². The van der Waals surface area contributed by atoms with E-state index >= 15 is 0 Å². The van der Waals surface area contributed by atoms with E-state index in [-0.39, 0.29) is 11.3 Å². The van der Waals surface area contributed by atoms with Gasteiger partial charge in [-0.05, 0) is 31.1 Å². The van der Waals surface area contributed by atoms with Crippen molar-refractivity contribution in [3.8, 4) is 0 Å². The summed E-state index contributed by atoms with van der Waals surface area (Å²) >= 11 is 5.66. The molecule has 1 aliphatic rings. The molecule has 18 heavy (non-hydrogen) atoms. The van der Waals surface area contributed by atoms with E-state index in [0.29, 0.717) is 5.91 Å². The highest BCUT2D eigenvalue weighted by Crippen LogP contribution is 2.41. The van der Waals surface area contributed by atoms with E-state index in [2.05, 4.69) is 13.8 Å². The molecule has 0 aliphatic heterocycles. The van der Waals surface area contributed by atoms with E-state index in [1.54, 1.807) is 0 Å². The molecular formula is C15H28ClNO. The third-order valence-corrected chi connectivity index (χ3v) is 4.58. The summed E-state index contributed by atoms with van der Waals surface area (Å²) in [4.78, 5) is 14.4. The van der Waals surface area contributed by atoms with Gasteiger partial charge in [0, 0.05) is 25.4 Å². The van der Waals surface area contributed by atoms with Crippen molar-refractivity contribution < 1.29 is 4.79 Å². The van der Waals surface area contributed by atoms with Crippen LogP contribution in [0.25, 0.3) is 0 Å². The molecule has 0 N–H and O–H groups in total. The minimum absolute atomic E-state index is 0.180.